The van der Waals surface area contributed by atoms with Crippen LogP contribution < -0.4 is 9.50 Å². The maximum absolute atomic E-state index is 12.6. The lowest BCUT2D eigenvalue weighted by molar-refractivity contribution is -0.145. The second-order valence-electron chi connectivity index (χ2n) is 7.85. The Morgan fingerprint density at radius 3 is 2.03 bits per heavy atom. The van der Waals surface area contributed by atoms with Crippen molar-refractivity contribution < 1.29 is 31.7 Å². The van der Waals surface area contributed by atoms with Gasteiger partial charge in [0.05, 0.1) is 12.7 Å². The van der Waals surface area contributed by atoms with Crippen LogP contribution in [0.25, 0.3) is 0 Å². The van der Waals surface area contributed by atoms with Gasteiger partial charge in [0.2, 0.25) is 0 Å². The fourth-order valence-electron chi connectivity index (χ4n) is 3.28. The van der Waals surface area contributed by atoms with Gasteiger partial charge in [-0.15, -0.1) is 0 Å². The number of nitrogens with one attached hydrogen (secondary N) is 1. The summed E-state index contributed by atoms with van der Waals surface area (Å²) < 4.78 is 38.6. The van der Waals surface area contributed by atoms with Crippen LogP contribution >= 0.6 is 0 Å². The van der Waals surface area contributed by atoms with Gasteiger partial charge in [-0.2, -0.15) is 8.42 Å². The lowest BCUT2D eigenvalue weighted by atomic mass is 9.95. The van der Waals surface area contributed by atoms with Gasteiger partial charge in [-0.3, -0.25) is 4.79 Å². The lowest BCUT2D eigenvalue weighted by Gasteiger charge is -2.18. The zero-order valence-corrected chi connectivity index (χ0v) is 20.1. The highest BCUT2D eigenvalue weighted by Gasteiger charge is 2.20. The molecule has 0 heterocycles. The highest BCUT2D eigenvalue weighted by atomic mass is 32.2. The summed E-state index contributed by atoms with van der Waals surface area (Å²) in [5, 5.41) is 2.67. The van der Waals surface area contributed by atoms with Gasteiger partial charge in [0.25, 0.3) is 0 Å². The fourth-order valence-corrected chi connectivity index (χ4v) is 3.74. The molecule has 0 fully saturated rings. The molecule has 0 radical (unpaired) electrons. The molecular formula is C26H27NO7S. The van der Waals surface area contributed by atoms with Crippen molar-refractivity contribution in [2.45, 2.75) is 25.6 Å². The number of carbonyl (C=O) groups is 2. The summed E-state index contributed by atoms with van der Waals surface area (Å²) in [5.41, 5.74) is 2.30. The van der Waals surface area contributed by atoms with Crippen LogP contribution in [0.4, 0.5) is 4.79 Å². The van der Waals surface area contributed by atoms with Crippen LogP contribution in [0.2, 0.25) is 0 Å². The Kier molecular flexibility index (Phi) is 9.25. The first kappa shape index (κ1) is 25.8. The molecular weight excluding hydrogens is 470 g/mol. The number of alkyl carbamates (subject to hydrolysis) is 1. The van der Waals surface area contributed by atoms with E-state index < -0.39 is 28.1 Å². The van der Waals surface area contributed by atoms with Crippen LogP contribution in [0, 0.1) is 0 Å². The number of amides is 1. The summed E-state index contributed by atoms with van der Waals surface area (Å²) in [6, 6.07) is 24.9. The average Bonchev–Trinajstić information content (AvgIpc) is 2.84. The Hall–Kier alpha value is -3.85. The Balaban J connectivity index is 1.65. The predicted octanol–water partition coefficient (Wildman–Crippen LogP) is 4.17. The van der Waals surface area contributed by atoms with E-state index in [1.807, 2.05) is 60.7 Å². The maximum Gasteiger partial charge on any atom is 0.407 e. The number of carbonyl (C=O) groups excluding carboxylic acids is 2. The van der Waals surface area contributed by atoms with Crippen LogP contribution in [-0.2, 0) is 37.6 Å². The number of hydrogen-bond donors (Lipinski definition) is 1. The topological polar surface area (TPSA) is 108 Å². The Labute approximate surface area is 205 Å². The van der Waals surface area contributed by atoms with E-state index in [4.69, 9.17) is 13.7 Å². The molecule has 3 aromatic rings. The third kappa shape index (κ3) is 9.50. The lowest BCUT2D eigenvalue weighted by Crippen LogP contribution is -2.30. The summed E-state index contributed by atoms with van der Waals surface area (Å²) in [5.74, 6) is -0.863. The zero-order valence-electron chi connectivity index (χ0n) is 19.3. The summed E-state index contributed by atoms with van der Waals surface area (Å²) >= 11 is 0. The van der Waals surface area contributed by atoms with Crippen LogP contribution in [-0.4, -0.2) is 33.3 Å². The van der Waals surface area contributed by atoms with E-state index in [1.165, 1.54) is 12.1 Å². The number of ether oxygens (including phenoxy) is 2. The van der Waals surface area contributed by atoms with Crippen molar-refractivity contribution in [2.24, 2.45) is 0 Å². The molecule has 1 unspecified atom stereocenters. The molecule has 1 atom stereocenters. The van der Waals surface area contributed by atoms with E-state index in [2.05, 4.69) is 5.32 Å². The van der Waals surface area contributed by atoms with Crippen molar-refractivity contribution in [3.63, 3.8) is 0 Å². The summed E-state index contributed by atoms with van der Waals surface area (Å²) in [4.78, 5) is 24.8. The summed E-state index contributed by atoms with van der Waals surface area (Å²) in [6.45, 7) is 0.292. The molecule has 184 valence electrons. The molecule has 0 aliphatic rings. The largest absolute Gasteiger partial charge is 0.461 e. The normalized spacial score (nSPS) is 11.8. The minimum atomic E-state index is -3.72. The summed E-state index contributed by atoms with van der Waals surface area (Å²) in [6.07, 6.45) is 0.260. The third-order valence-corrected chi connectivity index (χ3v) is 5.43. The van der Waals surface area contributed by atoms with E-state index in [0.717, 1.165) is 17.4 Å². The van der Waals surface area contributed by atoms with E-state index in [-0.39, 0.29) is 31.9 Å². The van der Waals surface area contributed by atoms with Gasteiger partial charge in [-0.05, 0) is 28.8 Å². The predicted molar refractivity (Wildman–Crippen MR) is 130 cm³/mol. The van der Waals surface area contributed by atoms with E-state index in [1.54, 1.807) is 12.1 Å². The van der Waals surface area contributed by atoms with Crippen LogP contribution in [0.15, 0.2) is 84.9 Å². The molecule has 35 heavy (non-hydrogen) atoms. The Bertz CT molecular complexity index is 1210. The summed E-state index contributed by atoms with van der Waals surface area (Å²) in [7, 11) is -3.72. The van der Waals surface area contributed by atoms with Crippen molar-refractivity contribution >= 4 is 22.2 Å². The third-order valence-electron chi connectivity index (χ3n) is 4.94. The smallest absolute Gasteiger partial charge is 0.407 e. The molecule has 0 spiro atoms. The molecule has 3 rings (SSSR count). The first-order valence-electron chi connectivity index (χ1n) is 10.9. The molecule has 0 saturated carbocycles. The Morgan fingerprint density at radius 1 is 0.829 bits per heavy atom. The van der Waals surface area contributed by atoms with Crippen LogP contribution in [0.1, 0.15) is 29.0 Å². The SMILES string of the molecule is CS(=O)(=O)Oc1cccc(C(CNC(=O)OCc2ccccc2)CC(=O)OCc2ccccc2)c1. The maximum atomic E-state index is 12.6. The van der Waals surface area contributed by atoms with Gasteiger partial charge in [0.1, 0.15) is 19.0 Å². The van der Waals surface area contributed by atoms with E-state index >= 15 is 0 Å². The van der Waals surface area contributed by atoms with Crippen molar-refractivity contribution in [3.8, 4) is 5.75 Å². The second-order valence-corrected chi connectivity index (χ2v) is 9.42. The molecule has 8 nitrogen and oxygen atoms in total. The number of benzene rings is 3. The fraction of sp³-hybridized carbons (Fsp3) is 0.231. The minimum Gasteiger partial charge on any atom is -0.461 e. The van der Waals surface area contributed by atoms with Crippen molar-refractivity contribution in [3.05, 3.63) is 102 Å². The Morgan fingerprint density at radius 2 is 1.43 bits per heavy atom. The molecule has 0 aliphatic heterocycles. The first-order chi connectivity index (χ1) is 16.8. The molecule has 0 bridgehead atoms. The number of hydrogen-bond acceptors (Lipinski definition) is 7. The van der Waals surface area contributed by atoms with Gasteiger partial charge in [-0.1, -0.05) is 72.8 Å². The number of esters is 1. The monoisotopic (exact) mass is 497 g/mol. The molecule has 1 N–H and O–H groups in total. The van der Waals surface area contributed by atoms with Gasteiger partial charge in [-0.25, -0.2) is 4.79 Å². The quantitative estimate of drug-likeness (QED) is 0.313. The van der Waals surface area contributed by atoms with Crippen LogP contribution in [0.5, 0.6) is 5.75 Å². The molecule has 0 aliphatic carbocycles. The highest BCUT2D eigenvalue weighted by molar-refractivity contribution is 7.86. The molecule has 1 amide bonds. The number of rotatable bonds is 11. The van der Waals surface area contributed by atoms with E-state index in [0.29, 0.717) is 5.56 Å². The van der Waals surface area contributed by atoms with Gasteiger partial charge < -0.3 is 19.0 Å². The van der Waals surface area contributed by atoms with Crippen molar-refractivity contribution in [1.29, 1.82) is 0 Å². The average molecular weight is 498 g/mol. The molecule has 9 heteroatoms. The second kappa shape index (κ2) is 12.6. The van der Waals surface area contributed by atoms with Crippen molar-refractivity contribution in [1.82, 2.24) is 5.32 Å². The van der Waals surface area contributed by atoms with Gasteiger partial charge in [0.15, 0.2) is 0 Å². The van der Waals surface area contributed by atoms with Gasteiger partial charge >= 0.3 is 22.2 Å². The van der Waals surface area contributed by atoms with Crippen LogP contribution in [0.3, 0.4) is 0 Å². The minimum absolute atomic E-state index is 0.0475. The zero-order chi connectivity index (χ0) is 25.1. The first-order valence-corrected chi connectivity index (χ1v) is 12.7. The standard InChI is InChI=1S/C26H27NO7S/c1-35(30,31)34-24-14-8-13-22(15-24)23(16-25(28)32-18-20-9-4-2-5-10-20)17-27-26(29)33-19-21-11-6-3-7-12-21/h2-15,23H,16-19H2,1H3,(H,27,29). The molecule has 0 saturated heterocycles. The molecule has 3 aromatic carbocycles. The van der Waals surface area contributed by atoms with Crippen molar-refractivity contribution in [2.75, 3.05) is 12.8 Å². The van der Waals surface area contributed by atoms with E-state index in [9.17, 15) is 18.0 Å². The van der Waals surface area contributed by atoms with Gasteiger partial charge in [0, 0.05) is 12.5 Å². The highest BCUT2D eigenvalue weighted by Crippen LogP contribution is 2.25. The molecule has 0 aromatic heterocycles.